The number of anilines is 1. The second-order valence-electron chi connectivity index (χ2n) is 5.50. The zero-order valence-electron chi connectivity index (χ0n) is 12.3. The van der Waals surface area contributed by atoms with E-state index in [0.29, 0.717) is 0 Å². The first kappa shape index (κ1) is 13.8. The van der Waals surface area contributed by atoms with Crippen LogP contribution in [0.15, 0.2) is 24.5 Å². The number of hydrogen-bond donors (Lipinski definition) is 2. The summed E-state index contributed by atoms with van der Waals surface area (Å²) in [6.45, 7) is 4.03. The minimum Gasteiger partial charge on any atom is -0.350 e. The van der Waals surface area contributed by atoms with Crippen LogP contribution in [0.3, 0.4) is 0 Å². The molecule has 1 aliphatic rings. The predicted octanol–water partition coefficient (Wildman–Crippen LogP) is 0.462. The van der Waals surface area contributed by atoms with Crippen LogP contribution >= 0.6 is 0 Å². The second kappa shape index (κ2) is 5.65. The number of amides is 1. The highest BCUT2D eigenvalue weighted by Gasteiger charge is 2.20. The molecule has 2 heterocycles. The van der Waals surface area contributed by atoms with Gasteiger partial charge in [-0.15, -0.1) is 0 Å². The van der Waals surface area contributed by atoms with E-state index in [0.717, 1.165) is 35.4 Å². The van der Waals surface area contributed by atoms with Gasteiger partial charge < -0.3 is 15.5 Å². The van der Waals surface area contributed by atoms with E-state index in [9.17, 15) is 4.79 Å². The molecule has 0 aliphatic carbocycles. The molecule has 1 saturated heterocycles. The third-order valence-electron chi connectivity index (χ3n) is 3.66. The van der Waals surface area contributed by atoms with Gasteiger partial charge in [0, 0.05) is 25.5 Å². The van der Waals surface area contributed by atoms with Crippen LogP contribution in [-0.4, -0.2) is 48.6 Å². The van der Waals surface area contributed by atoms with Crippen molar-refractivity contribution in [2.75, 3.05) is 31.6 Å². The first-order valence-corrected chi connectivity index (χ1v) is 7.06. The maximum atomic E-state index is 12.0. The smallest absolute Gasteiger partial charge is 0.239 e. The van der Waals surface area contributed by atoms with Crippen molar-refractivity contribution in [3.63, 3.8) is 0 Å². The maximum absolute atomic E-state index is 12.0. The highest BCUT2D eigenvalue weighted by molar-refractivity contribution is 5.91. The average Bonchev–Trinajstić information content (AvgIpc) is 2.42. The SMILES string of the molecule is Cc1ccc2ncnc(N(C)CC(=O)NC3CNC3)c2c1. The first-order chi connectivity index (χ1) is 10.1. The van der Waals surface area contributed by atoms with Gasteiger partial charge in [0.25, 0.3) is 0 Å². The lowest BCUT2D eigenvalue weighted by Gasteiger charge is -2.29. The van der Waals surface area contributed by atoms with Gasteiger partial charge in [0.15, 0.2) is 0 Å². The Kier molecular flexibility index (Phi) is 3.70. The van der Waals surface area contributed by atoms with Gasteiger partial charge in [-0.1, -0.05) is 11.6 Å². The summed E-state index contributed by atoms with van der Waals surface area (Å²) in [7, 11) is 1.88. The van der Waals surface area contributed by atoms with Crippen molar-refractivity contribution in [3.05, 3.63) is 30.1 Å². The molecule has 0 unspecified atom stereocenters. The van der Waals surface area contributed by atoms with E-state index in [1.807, 2.05) is 31.0 Å². The summed E-state index contributed by atoms with van der Waals surface area (Å²) in [5.74, 6) is 0.800. The number of carbonyl (C=O) groups is 1. The molecular formula is C15H19N5O. The quantitative estimate of drug-likeness (QED) is 0.854. The third kappa shape index (κ3) is 2.95. The number of fused-ring (bicyclic) bond motifs is 1. The fourth-order valence-electron chi connectivity index (χ4n) is 2.42. The molecule has 110 valence electrons. The Bertz CT molecular complexity index is 668. The van der Waals surface area contributed by atoms with Crippen molar-refractivity contribution in [1.82, 2.24) is 20.6 Å². The van der Waals surface area contributed by atoms with E-state index in [-0.39, 0.29) is 18.5 Å². The number of carbonyl (C=O) groups excluding carboxylic acids is 1. The molecule has 6 nitrogen and oxygen atoms in total. The molecule has 3 rings (SSSR count). The summed E-state index contributed by atoms with van der Waals surface area (Å²) in [4.78, 5) is 22.5. The van der Waals surface area contributed by atoms with Crippen molar-refractivity contribution in [1.29, 1.82) is 0 Å². The Balaban J connectivity index is 1.78. The van der Waals surface area contributed by atoms with Gasteiger partial charge in [-0.3, -0.25) is 4.79 Å². The number of nitrogens with one attached hydrogen (secondary N) is 2. The van der Waals surface area contributed by atoms with Gasteiger partial charge >= 0.3 is 0 Å². The van der Waals surface area contributed by atoms with E-state index in [1.54, 1.807) is 0 Å². The number of aromatic nitrogens is 2. The van der Waals surface area contributed by atoms with Crippen molar-refractivity contribution in [3.8, 4) is 0 Å². The van der Waals surface area contributed by atoms with E-state index in [4.69, 9.17) is 0 Å². The molecule has 1 aromatic heterocycles. The Morgan fingerprint density at radius 3 is 2.95 bits per heavy atom. The molecule has 0 bridgehead atoms. The topological polar surface area (TPSA) is 70.2 Å². The fraction of sp³-hybridized carbons (Fsp3) is 0.400. The molecule has 2 N–H and O–H groups in total. The molecule has 0 spiro atoms. The highest BCUT2D eigenvalue weighted by atomic mass is 16.2. The molecule has 6 heteroatoms. The monoisotopic (exact) mass is 285 g/mol. The molecule has 0 atom stereocenters. The van der Waals surface area contributed by atoms with Gasteiger partial charge in [0.1, 0.15) is 12.1 Å². The van der Waals surface area contributed by atoms with Crippen LogP contribution in [0, 0.1) is 6.92 Å². The van der Waals surface area contributed by atoms with E-state index < -0.39 is 0 Å². The van der Waals surface area contributed by atoms with Crippen LogP contribution in [0.2, 0.25) is 0 Å². The highest BCUT2D eigenvalue weighted by Crippen LogP contribution is 2.22. The summed E-state index contributed by atoms with van der Waals surface area (Å²) in [5, 5.41) is 7.09. The Hall–Kier alpha value is -2.21. The molecule has 1 aliphatic heterocycles. The fourth-order valence-corrected chi connectivity index (χ4v) is 2.42. The Morgan fingerprint density at radius 2 is 2.24 bits per heavy atom. The predicted molar refractivity (Wildman–Crippen MR) is 82.3 cm³/mol. The van der Waals surface area contributed by atoms with Crippen LogP contribution in [0.4, 0.5) is 5.82 Å². The first-order valence-electron chi connectivity index (χ1n) is 7.06. The van der Waals surface area contributed by atoms with Gasteiger partial charge in [0.05, 0.1) is 18.1 Å². The number of likely N-dealkylation sites (N-methyl/N-ethyl adjacent to an activating group) is 1. The Labute approximate surface area is 123 Å². The van der Waals surface area contributed by atoms with Gasteiger partial charge in [-0.05, 0) is 19.1 Å². The molecular weight excluding hydrogens is 266 g/mol. The van der Waals surface area contributed by atoms with Crippen molar-refractivity contribution < 1.29 is 4.79 Å². The van der Waals surface area contributed by atoms with E-state index >= 15 is 0 Å². The largest absolute Gasteiger partial charge is 0.350 e. The van der Waals surface area contributed by atoms with Gasteiger partial charge in [-0.2, -0.15) is 0 Å². The molecule has 0 radical (unpaired) electrons. The molecule has 0 saturated carbocycles. The minimum absolute atomic E-state index is 0.0171. The maximum Gasteiger partial charge on any atom is 0.239 e. The lowest BCUT2D eigenvalue weighted by atomic mass is 10.1. The van der Waals surface area contributed by atoms with Crippen LogP contribution < -0.4 is 15.5 Å². The summed E-state index contributed by atoms with van der Waals surface area (Å²) >= 11 is 0. The van der Waals surface area contributed by atoms with Crippen LogP contribution in [0.1, 0.15) is 5.56 Å². The molecule has 2 aromatic rings. The number of aryl methyl sites for hydroxylation is 1. The summed E-state index contributed by atoms with van der Waals surface area (Å²) in [6.07, 6.45) is 1.54. The average molecular weight is 285 g/mol. The number of benzene rings is 1. The normalized spacial score (nSPS) is 14.8. The number of hydrogen-bond acceptors (Lipinski definition) is 5. The summed E-state index contributed by atoms with van der Waals surface area (Å²) in [6, 6.07) is 6.31. The summed E-state index contributed by atoms with van der Waals surface area (Å²) < 4.78 is 0. The zero-order valence-corrected chi connectivity index (χ0v) is 12.3. The molecule has 1 amide bonds. The van der Waals surface area contributed by atoms with E-state index in [2.05, 4.69) is 26.7 Å². The summed E-state index contributed by atoms with van der Waals surface area (Å²) in [5.41, 5.74) is 2.04. The third-order valence-corrected chi connectivity index (χ3v) is 3.66. The standard InChI is InChI=1S/C15H19N5O/c1-10-3-4-13-12(5-10)15(18-9-17-13)20(2)8-14(21)19-11-6-16-7-11/h3-5,9,11,16H,6-8H2,1-2H3,(H,19,21). The molecule has 1 fully saturated rings. The number of rotatable bonds is 4. The van der Waals surface area contributed by atoms with Crippen LogP contribution in [0.5, 0.6) is 0 Å². The van der Waals surface area contributed by atoms with Gasteiger partial charge in [0.2, 0.25) is 5.91 Å². The van der Waals surface area contributed by atoms with E-state index in [1.165, 1.54) is 6.33 Å². The Morgan fingerprint density at radius 1 is 1.43 bits per heavy atom. The second-order valence-corrected chi connectivity index (χ2v) is 5.50. The molecule has 1 aromatic carbocycles. The van der Waals surface area contributed by atoms with Crippen molar-refractivity contribution in [2.45, 2.75) is 13.0 Å². The van der Waals surface area contributed by atoms with Crippen LogP contribution in [-0.2, 0) is 4.79 Å². The van der Waals surface area contributed by atoms with Crippen LogP contribution in [0.25, 0.3) is 10.9 Å². The molecule has 21 heavy (non-hydrogen) atoms. The number of nitrogens with zero attached hydrogens (tertiary/aromatic N) is 3. The van der Waals surface area contributed by atoms with Gasteiger partial charge in [-0.25, -0.2) is 9.97 Å². The lowest BCUT2D eigenvalue weighted by molar-refractivity contribution is -0.120. The lowest BCUT2D eigenvalue weighted by Crippen LogP contribution is -2.58. The van der Waals surface area contributed by atoms with Crippen molar-refractivity contribution in [2.24, 2.45) is 0 Å². The van der Waals surface area contributed by atoms with Crippen molar-refractivity contribution >= 4 is 22.6 Å². The minimum atomic E-state index is 0.0171. The zero-order chi connectivity index (χ0) is 14.8.